The van der Waals surface area contributed by atoms with Gasteiger partial charge in [-0.1, -0.05) is 32.1 Å². The zero-order chi connectivity index (χ0) is 20.9. The molecule has 1 N–H and O–H groups in total. The number of hydrogen-bond acceptors (Lipinski definition) is 3. The number of fused-ring (bicyclic) bond motifs is 1. The number of rotatable bonds is 6. The molecule has 2 aliphatic rings. The number of aromatic nitrogens is 3. The first-order chi connectivity index (χ1) is 14.6. The highest BCUT2D eigenvalue weighted by Gasteiger charge is 2.26. The molecule has 0 bridgehead atoms. The van der Waals surface area contributed by atoms with Gasteiger partial charge >= 0.3 is 0 Å². The Labute approximate surface area is 178 Å². The second-order valence-corrected chi connectivity index (χ2v) is 8.62. The Kier molecular flexibility index (Phi) is 6.55. The first-order valence-electron chi connectivity index (χ1n) is 11.4. The molecule has 1 aliphatic carbocycles. The largest absolute Gasteiger partial charge is 0.353 e. The van der Waals surface area contributed by atoms with E-state index in [4.69, 9.17) is 5.10 Å². The van der Waals surface area contributed by atoms with Crippen molar-refractivity contribution in [2.24, 2.45) is 7.05 Å². The summed E-state index contributed by atoms with van der Waals surface area (Å²) in [7, 11) is 1.99. The van der Waals surface area contributed by atoms with Gasteiger partial charge in [-0.05, 0) is 31.4 Å². The lowest BCUT2D eigenvalue weighted by atomic mass is 9.96. The number of anilines is 1. The fraction of sp³-hybridized carbons (Fsp3) is 0.609. The number of carbonyl (C=O) groups excluding carboxylic acids is 2. The second-order valence-electron chi connectivity index (χ2n) is 8.62. The molecule has 0 unspecified atom stereocenters. The van der Waals surface area contributed by atoms with Crippen molar-refractivity contribution < 1.29 is 9.59 Å². The summed E-state index contributed by atoms with van der Waals surface area (Å²) in [6.45, 7) is 1.16. The van der Waals surface area contributed by atoms with Crippen LogP contribution in [0.3, 0.4) is 0 Å². The lowest BCUT2D eigenvalue weighted by Crippen LogP contribution is -2.39. The SMILES string of the molecule is Cn1cccc1-c1cc2n(n1)CCC(=O)N2CCCC(=O)NC1CCCCCCC1. The quantitative estimate of drug-likeness (QED) is 0.789. The minimum atomic E-state index is 0.112. The van der Waals surface area contributed by atoms with E-state index in [2.05, 4.69) is 5.32 Å². The van der Waals surface area contributed by atoms with E-state index in [0.29, 0.717) is 38.4 Å². The molecule has 1 fully saturated rings. The number of nitrogens with zero attached hydrogens (tertiary/aromatic N) is 4. The molecule has 2 aromatic rings. The molecule has 2 amide bonds. The second kappa shape index (κ2) is 9.49. The van der Waals surface area contributed by atoms with Gasteiger partial charge in [0.2, 0.25) is 11.8 Å². The summed E-state index contributed by atoms with van der Waals surface area (Å²) in [6.07, 6.45) is 12.1. The Morgan fingerprint density at radius 3 is 2.70 bits per heavy atom. The summed E-state index contributed by atoms with van der Waals surface area (Å²) in [6, 6.07) is 6.33. The van der Waals surface area contributed by atoms with Crippen LogP contribution in [-0.4, -0.2) is 38.7 Å². The fourth-order valence-electron chi connectivity index (χ4n) is 4.64. The summed E-state index contributed by atoms with van der Waals surface area (Å²) in [5.74, 6) is 1.06. The van der Waals surface area contributed by atoms with E-state index in [1.54, 1.807) is 4.90 Å². The van der Waals surface area contributed by atoms with E-state index < -0.39 is 0 Å². The summed E-state index contributed by atoms with van der Waals surface area (Å²) in [5, 5.41) is 7.92. The zero-order valence-electron chi connectivity index (χ0n) is 18.0. The molecule has 3 heterocycles. The van der Waals surface area contributed by atoms with Gasteiger partial charge in [0.1, 0.15) is 11.5 Å². The van der Waals surface area contributed by atoms with Gasteiger partial charge in [-0.15, -0.1) is 0 Å². The van der Waals surface area contributed by atoms with Crippen LogP contribution >= 0.6 is 0 Å². The lowest BCUT2D eigenvalue weighted by molar-refractivity contribution is -0.122. The van der Waals surface area contributed by atoms with Crippen LogP contribution in [0.15, 0.2) is 24.4 Å². The fourth-order valence-corrected chi connectivity index (χ4v) is 4.64. The molecule has 30 heavy (non-hydrogen) atoms. The van der Waals surface area contributed by atoms with Crippen molar-refractivity contribution in [3.05, 3.63) is 24.4 Å². The zero-order valence-corrected chi connectivity index (χ0v) is 18.0. The molecular weight excluding hydrogens is 378 g/mol. The molecule has 7 nitrogen and oxygen atoms in total. The van der Waals surface area contributed by atoms with Gasteiger partial charge in [0.05, 0.1) is 12.2 Å². The predicted octanol–water partition coefficient (Wildman–Crippen LogP) is 3.63. The van der Waals surface area contributed by atoms with Crippen molar-refractivity contribution in [2.45, 2.75) is 76.8 Å². The van der Waals surface area contributed by atoms with E-state index in [0.717, 1.165) is 30.0 Å². The minimum Gasteiger partial charge on any atom is -0.353 e. The monoisotopic (exact) mass is 411 g/mol. The molecule has 1 aliphatic heterocycles. The molecule has 1 saturated carbocycles. The van der Waals surface area contributed by atoms with Crippen LogP contribution in [0.5, 0.6) is 0 Å². The Balaban J connectivity index is 1.33. The first kappa shape index (κ1) is 20.7. The van der Waals surface area contributed by atoms with Gasteiger partial charge in [0.25, 0.3) is 0 Å². The van der Waals surface area contributed by atoms with E-state index in [1.165, 1.54) is 32.1 Å². The Hall–Kier alpha value is -2.57. The molecule has 0 saturated heterocycles. The number of aryl methyl sites for hydroxylation is 2. The summed E-state index contributed by atoms with van der Waals surface area (Å²) < 4.78 is 3.94. The van der Waals surface area contributed by atoms with Gasteiger partial charge in [-0.2, -0.15) is 5.10 Å². The molecule has 4 rings (SSSR count). The van der Waals surface area contributed by atoms with Crippen molar-refractivity contribution in [3.8, 4) is 11.4 Å². The predicted molar refractivity (Wildman–Crippen MR) is 117 cm³/mol. The topological polar surface area (TPSA) is 72.2 Å². The molecule has 2 aromatic heterocycles. The smallest absolute Gasteiger partial charge is 0.229 e. The maximum atomic E-state index is 12.6. The van der Waals surface area contributed by atoms with Gasteiger partial charge in [-0.25, -0.2) is 4.68 Å². The van der Waals surface area contributed by atoms with Crippen LogP contribution < -0.4 is 10.2 Å². The lowest BCUT2D eigenvalue weighted by Gasteiger charge is -2.27. The van der Waals surface area contributed by atoms with Crippen molar-refractivity contribution in [3.63, 3.8) is 0 Å². The Morgan fingerprint density at radius 2 is 1.97 bits per heavy atom. The first-order valence-corrected chi connectivity index (χ1v) is 11.4. The molecule has 0 aromatic carbocycles. The van der Waals surface area contributed by atoms with Gasteiger partial charge in [0, 0.05) is 44.7 Å². The van der Waals surface area contributed by atoms with Gasteiger partial charge in [0.15, 0.2) is 0 Å². The van der Waals surface area contributed by atoms with E-state index in [1.807, 2.05) is 40.7 Å². The molecule has 162 valence electrons. The highest BCUT2D eigenvalue weighted by Crippen LogP contribution is 2.28. The molecular formula is C23H33N5O2. The minimum absolute atomic E-state index is 0.112. The third-order valence-corrected chi connectivity index (χ3v) is 6.34. The van der Waals surface area contributed by atoms with Crippen LogP contribution in [0.4, 0.5) is 5.82 Å². The molecule has 0 radical (unpaired) electrons. The molecule has 7 heteroatoms. The maximum absolute atomic E-state index is 12.6. The van der Waals surface area contributed by atoms with Crippen LogP contribution in [-0.2, 0) is 23.2 Å². The van der Waals surface area contributed by atoms with Gasteiger partial charge in [-0.3, -0.25) is 14.5 Å². The third kappa shape index (κ3) is 4.77. The van der Waals surface area contributed by atoms with Crippen molar-refractivity contribution in [2.75, 3.05) is 11.4 Å². The normalized spacial score (nSPS) is 18.0. The average Bonchev–Trinajstić information content (AvgIpc) is 3.31. The van der Waals surface area contributed by atoms with E-state index in [9.17, 15) is 9.59 Å². The highest BCUT2D eigenvalue weighted by atomic mass is 16.2. The summed E-state index contributed by atoms with van der Waals surface area (Å²) >= 11 is 0. The van der Waals surface area contributed by atoms with E-state index in [-0.39, 0.29) is 11.8 Å². The highest BCUT2D eigenvalue weighted by molar-refractivity contribution is 5.94. The van der Waals surface area contributed by atoms with Crippen molar-refractivity contribution in [1.29, 1.82) is 0 Å². The number of carbonyl (C=O) groups is 2. The average molecular weight is 412 g/mol. The third-order valence-electron chi connectivity index (χ3n) is 6.34. The standard InChI is InChI=1S/C23H33N5O2/c1-26-14-7-11-20(26)19-17-22-27(23(30)13-16-28(22)25-19)15-8-12-21(29)24-18-9-5-3-2-4-6-10-18/h7,11,14,17-18H,2-6,8-10,12-13,15-16H2,1H3,(H,24,29). The number of amides is 2. The molecule has 0 atom stereocenters. The Bertz CT molecular complexity index is 876. The van der Waals surface area contributed by atoms with Crippen molar-refractivity contribution in [1.82, 2.24) is 19.7 Å². The van der Waals surface area contributed by atoms with Crippen molar-refractivity contribution >= 4 is 17.6 Å². The van der Waals surface area contributed by atoms with Crippen LogP contribution in [0.1, 0.15) is 64.2 Å². The van der Waals surface area contributed by atoms with Gasteiger partial charge < -0.3 is 9.88 Å². The maximum Gasteiger partial charge on any atom is 0.229 e. The van der Waals surface area contributed by atoms with Crippen LogP contribution in [0.2, 0.25) is 0 Å². The van der Waals surface area contributed by atoms with Crippen LogP contribution in [0, 0.1) is 0 Å². The van der Waals surface area contributed by atoms with Crippen LogP contribution in [0.25, 0.3) is 11.4 Å². The van der Waals surface area contributed by atoms with E-state index >= 15 is 0 Å². The summed E-state index contributed by atoms with van der Waals surface area (Å²) in [4.78, 5) is 26.8. The molecule has 0 spiro atoms. The summed E-state index contributed by atoms with van der Waals surface area (Å²) in [5.41, 5.74) is 1.90. The number of hydrogen-bond donors (Lipinski definition) is 1. The number of nitrogens with one attached hydrogen (secondary N) is 1. The Morgan fingerprint density at radius 1 is 1.20 bits per heavy atom.